The highest BCUT2D eigenvalue weighted by Gasteiger charge is 2.82. The van der Waals surface area contributed by atoms with Crippen LogP contribution in [0.15, 0.2) is 84.0 Å². The predicted molar refractivity (Wildman–Crippen MR) is 160 cm³/mol. The van der Waals surface area contributed by atoms with Gasteiger partial charge < -0.3 is 24.4 Å². The molecule has 2 aromatic rings. The molecular formula is C36H37O8+. The van der Waals surface area contributed by atoms with Crippen molar-refractivity contribution < 1.29 is 38.7 Å². The van der Waals surface area contributed by atoms with Gasteiger partial charge in [-0.25, -0.2) is 0 Å². The van der Waals surface area contributed by atoms with E-state index in [0.29, 0.717) is 35.5 Å². The van der Waals surface area contributed by atoms with Crippen LogP contribution < -0.4 is 4.74 Å². The number of hydrogen-bond acceptors (Lipinski definition) is 8. The summed E-state index contributed by atoms with van der Waals surface area (Å²) in [6, 6.07) is 14.5. The van der Waals surface area contributed by atoms with Crippen molar-refractivity contribution in [2.75, 3.05) is 7.11 Å². The molecule has 2 aliphatic heterocycles. The molecule has 5 unspecified atom stereocenters. The fourth-order valence-corrected chi connectivity index (χ4v) is 8.31. The van der Waals surface area contributed by atoms with E-state index in [9.17, 15) is 19.8 Å². The molecule has 3 bridgehead atoms. The standard InChI is InChI=1S/C36H36O8/c1-20(2)34-17-22(4)36-26(32(34)42-35(43-34,44-36)18-23-9-7-6-8-10-23)16-25(19-33(40)30(36)13-21(3)31(33)39)28(38)14-24-11-12-27(37)29(15-24)41-5/h6-13,15-16,22,26,32,40H,1,14,17-19H2,2-5H3/p+1/t22-,26?,32?,33-,34?,35?,36?/m1/s1. The van der Waals surface area contributed by atoms with Crippen LogP contribution in [0.4, 0.5) is 0 Å². The van der Waals surface area contributed by atoms with E-state index in [1.807, 2.05) is 43.3 Å². The Morgan fingerprint density at radius 1 is 1.16 bits per heavy atom. The fraction of sp³-hybridized carbons (Fsp3) is 0.417. The summed E-state index contributed by atoms with van der Waals surface area (Å²) in [6.07, 6.45) is 3.63. The van der Waals surface area contributed by atoms with Crippen LogP contribution in [0.2, 0.25) is 0 Å². The van der Waals surface area contributed by atoms with Gasteiger partial charge in [0.25, 0.3) is 11.8 Å². The van der Waals surface area contributed by atoms with Gasteiger partial charge in [0.15, 0.2) is 22.9 Å². The minimum atomic E-state index is -1.96. The highest BCUT2D eigenvalue weighted by atomic mass is 16.9. The number of ether oxygens (including phenoxy) is 4. The van der Waals surface area contributed by atoms with Crippen molar-refractivity contribution in [3.8, 4) is 11.5 Å². The number of carbonyl (C=O) groups is 2. The molecule has 7 rings (SSSR count). The van der Waals surface area contributed by atoms with Crippen molar-refractivity contribution in [2.24, 2.45) is 11.8 Å². The van der Waals surface area contributed by atoms with Gasteiger partial charge in [0.05, 0.1) is 19.4 Å². The first-order valence-corrected chi connectivity index (χ1v) is 15.1. The van der Waals surface area contributed by atoms with Gasteiger partial charge in [-0.3, -0.25) is 14.3 Å². The predicted octanol–water partition coefficient (Wildman–Crippen LogP) is 4.73. The summed E-state index contributed by atoms with van der Waals surface area (Å²) >= 11 is 0. The summed E-state index contributed by atoms with van der Waals surface area (Å²) in [6.45, 7) is 10.0. The molecule has 8 heteroatoms. The van der Waals surface area contributed by atoms with Crippen molar-refractivity contribution in [3.63, 3.8) is 0 Å². The molecule has 2 aromatic carbocycles. The van der Waals surface area contributed by atoms with Gasteiger partial charge in [-0.15, -0.1) is 0 Å². The Hall–Kier alpha value is -3.69. The number of methoxy groups -OCH3 is 1. The minimum absolute atomic E-state index is 0.0176. The molecule has 3 aliphatic carbocycles. The lowest BCUT2D eigenvalue weighted by molar-refractivity contribution is -0.408. The van der Waals surface area contributed by atoms with E-state index in [0.717, 1.165) is 11.1 Å². The average molecular weight is 598 g/mol. The van der Waals surface area contributed by atoms with E-state index in [1.165, 1.54) is 13.2 Å². The molecule has 0 spiro atoms. The maximum absolute atomic E-state index is 14.1. The molecule has 1 saturated carbocycles. The number of phenolic OH excluding ortho intramolecular Hbond substituents is 1. The fourth-order valence-electron chi connectivity index (χ4n) is 8.31. The lowest BCUT2D eigenvalue weighted by Gasteiger charge is -2.55. The molecule has 0 radical (unpaired) electrons. The van der Waals surface area contributed by atoms with E-state index in [2.05, 4.69) is 13.5 Å². The molecule has 0 amide bonds. The summed E-state index contributed by atoms with van der Waals surface area (Å²) in [4.78, 5) is 27.8. The zero-order chi connectivity index (χ0) is 31.2. The third-order valence-corrected chi connectivity index (χ3v) is 10.3. The molecule has 3 fully saturated rings. The molecule has 8 nitrogen and oxygen atoms in total. The van der Waals surface area contributed by atoms with Gasteiger partial charge in [0.2, 0.25) is 5.60 Å². The van der Waals surface area contributed by atoms with Crippen LogP contribution in [0.3, 0.4) is 0 Å². The molecule has 2 saturated heterocycles. The number of fused-ring (bicyclic) bond motifs is 2. The van der Waals surface area contributed by atoms with Gasteiger partial charge >= 0.3 is 0 Å². The van der Waals surface area contributed by atoms with Gasteiger partial charge in [0.1, 0.15) is 29.3 Å². The number of aliphatic hydroxyl groups is 1. The topological polar surface area (TPSA) is 112 Å². The Kier molecular flexibility index (Phi) is 6.37. The summed E-state index contributed by atoms with van der Waals surface area (Å²) < 4.78 is 26.0. The molecule has 0 aromatic heterocycles. The maximum Gasteiger partial charge on any atom is 0.294 e. The van der Waals surface area contributed by atoms with Gasteiger partial charge in [-0.1, -0.05) is 56.0 Å². The Balaban J connectivity index is 1.38. The lowest BCUT2D eigenvalue weighted by Crippen LogP contribution is -2.69. The lowest BCUT2D eigenvalue weighted by atomic mass is 9.55. The largest absolute Gasteiger partial charge is 0.504 e. The number of Topliss-reactive ketones (excluding diaryl/α,β-unsaturated/α-hetero) is 2. The van der Waals surface area contributed by atoms with E-state index < -0.39 is 40.6 Å². The summed E-state index contributed by atoms with van der Waals surface area (Å²) in [5.74, 6) is -2.28. The second kappa shape index (κ2) is 9.65. The van der Waals surface area contributed by atoms with E-state index in [-0.39, 0.29) is 36.0 Å². The molecule has 5 aliphatic rings. The number of aromatic hydroxyl groups is 1. The van der Waals surface area contributed by atoms with E-state index >= 15 is 0 Å². The van der Waals surface area contributed by atoms with E-state index in [1.54, 1.807) is 25.1 Å². The third kappa shape index (κ3) is 3.88. The van der Waals surface area contributed by atoms with E-state index in [4.69, 9.17) is 18.9 Å². The Bertz CT molecular complexity index is 1640. The van der Waals surface area contributed by atoms with Crippen LogP contribution in [-0.2, 0) is 36.6 Å². The van der Waals surface area contributed by atoms with Crippen LogP contribution in [-0.4, -0.2) is 57.8 Å². The van der Waals surface area contributed by atoms with Crippen molar-refractivity contribution in [3.05, 3.63) is 101 Å². The average Bonchev–Trinajstić information content (AvgIpc) is 3.29. The number of carbonyl (C=O) groups excluding carboxylic acids is 2. The number of ketones is 2. The maximum atomic E-state index is 14.1. The van der Waals surface area contributed by atoms with Gasteiger partial charge in [-0.2, -0.15) is 0 Å². The Labute approximate surface area is 257 Å². The second-order valence-electron chi connectivity index (χ2n) is 13.1. The van der Waals surface area contributed by atoms with Crippen LogP contribution >= 0.6 is 0 Å². The third-order valence-electron chi connectivity index (χ3n) is 10.3. The van der Waals surface area contributed by atoms with Gasteiger partial charge in [-0.05, 0) is 47.8 Å². The normalized spacial score (nSPS) is 36.7. The molecule has 2 N–H and O–H groups in total. The van der Waals surface area contributed by atoms with Crippen LogP contribution in [0.1, 0.15) is 44.7 Å². The summed E-state index contributed by atoms with van der Waals surface area (Å²) in [5.41, 5.74) is -0.947. The first kappa shape index (κ1) is 29.0. The van der Waals surface area contributed by atoms with Crippen LogP contribution in [0, 0.1) is 17.8 Å². The number of benzene rings is 2. The molecular weight excluding hydrogens is 560 g/mol. The second-order valence-corrected chi connectivity index (χ2v) is 13.1. The first-order valence-electron chi connectivity index (χ1n) is 15.1. The summed E-state index contributed by atoms with van der Waals surface area (Å²) in [7, 11) is 1.44. The number of phenols is 1. The van der Waals surface area contributed by atoms with Crippen molar-refractivity contribution in [2.45, 2.75) is 75.3 Å². The van der Waals surface area contributed by atoms with Crippen LogP contribution in [0.25, 0.3) is 0 Å². The highest BCUT2D eigenvalue weighted by Crippen LogP contribution is 2.69. The SMILES string of the molecule is C=C(C)C12C[C@@H](C)C34OC(Cc5ccccc5)(OC1C3C=C(C(=O)Cc1ccc(O)c(OC)c1)C[C@]1(O)C(=O)C(C)=C[C+]41)O2. The quantitative estimate of drug-likeness (QED) is 0.348. The monoisotopic (exact) mass is 597 g/mol. The Morgan fingerprint density at radius 3 is 2.61 bits per heavy atom. The zero-order valence-corrected chi connectivity index (χ0v) is 25.4. The molecule has 44 heavy (non-hydrogen) atoms. The van der Waals surface area contributed by atoms with Crippen LogP contribution in [0.5, 0.6) is 11.5 Å². The first-order chi connectivity index (χ1) is 20.9. The van der Waals surface area contributed by atoms with Gasteiger partial charge in [0, 0.05) is 25.7 Å². The Morgan fingerprint density at radius 2 is 1.91 bits per heavy atom. The number of hydrogen-bond donors (Lipinski definition) is 2. The molecule has 228 valence electrons. The highest BCUT2D eigenvalue weighted by molar-refractivity contribution is 6.09. The summed E-state index contributed by atoms with van der Waals surface area (Å²) in [5, 5.41) is 22.4. The van der Waals surface area contributed by atoms with Crippen molar-refractivity contribution in [1.29, 1.82) is 0 Å². The number of rotatable bonds is 7. The zero-order valence-electron chi connectivity index (χ0n) is 25.4. The van der Waals surface area contributed by atoms with Crippen molar-refractivity contribution in [1.82, 2.24) is 0 Å². The smallest absolute Gasteiger partial charge is 0.294 e. The van der Waals surface area contributed by atoms with Crippen molar-refractivity contribution >= 4 is 11.6 Å². The molecule has 2 heterocycles. The minimum Gasteiger partial charge on any atom is -0.504 e. The molecule has 7 atom stereocenters.